The van der Waals surface area contributed by atoms with Crippen LogP contribution in [-0.4, -0.2) is 159 Å². The van der Waals surface area contributed by atoms with E-state index in [1.54, 1.807) is 49.9 Å². The van der Waals surface area contributed by atoms with Gasteiger partial charge in [0.1, 0.15) is 6.04 Å². The topological polar surface area (TPSA) is 158 Å². The molecule has 1 fully saturated rings. The van der Waals surface area contributed by atoms with Gasteiger partial charge in [-0.05, 0) is 50.6 Å². The Morgan fingerprint density at radius 1 is 0.745 bits per heavy atom. The number of carbonyl (C=O) groups is 5. The van der Waals surface area contributed by atoms with Gasteiger partial charge in [-0.1, -0.05) is 75.2 Å². The van der Waals surface area contributed by atoms with E-state index in [9.17, 15) is 29.1 Å². The summed E-state index contributed by atoms with van der Waals surface area (Å²) < 4.78 is 17.7. The number of nitrogens with zero attached hydrogens (tertiary/aromatic N) is 4. The molecule has 0 spiro atoms. The number of aliphatic carboxylic acids is 1. The first-order chi connectivity index (χ1) is 25.7. The standard InChI is InChI=1S/C41H77N5O9/c1-17-26(7)36(45(13)41(52)34(24(3)4)42-39(50)35(25(5)6)43(10)11)30(53-14)22-32(47)46-21-19-20-29(46)38(55-16)28(9)40(51)44(12)37(27(8)18-2)31(54-15)23-33(48)49/h24-31,34-38H,17-23H2,1-16H3,(H,42,50)(H,48,49). The van der Waals surface area contributed by atoms with Crippen LogP contribution in [0.25, 0.3) is 0 Å². The second-order valence-electron chi connectivity index (χ2n) is 16.7. The number of hydrogen-bond acceptors (Lipinski definition) is 9. The summed E-state index contributed by atoms with van der Waals surface area (Å²) in [5.74, 6) is -2.70. The molecule has 2 N–H and O–H groups in total. The van der Waals surface area contributed by atoms with Gasteiger partial charge in [0.2, 0.25) is 23.6 Å². The summed E-state index contributed by atoms with van der Waals surface area (Å²) in [6, 6.07) is -2.51. The molecule has 320 valence electrons. The van der Waals surface area contributed by atoms with Gasteiger partial charge >= 0.3 is 5.97 Å². The second kappa shape index (κ2) is 23.4. The van der Waals surface area contributed by atoms with Crippen molar-refractivity contribution in [1.29, 1.82) is 0 Å². The van der Waals surface area contributed by atoms with Crippen molar-refractivity contribution < 1.29 is 43.3 Å². The summed E-state index contributed by atoms with van der Waals surface area (Å²) in [7, 11) is 11.7. The summed E-state index contributed by atoms with van der Waals surface area (Å²) >= 11 is 0. The zero-order chi connectivity index (χ0) is 42.5. The summed E-state index contributed by atoms with van der Waals surface area (Å²) in [5.41, 5.74) is 0. The van der Waals surface area contributed by atoms with Crippen LogP contribution >= 0.6 is 0 Å². The van der Waals surface area contributed by atoms with E-state index in [1.807, 2.05) is 74.4 Å². The monoisotopic (exact) mass is 784 g/mol. The second-order valence-corrected chi connectivity index (χ2v) is 16.7. The van der Waals surface area contributed by atoms with E-state index in [-0.39, 0.29) is 66.2 Å². The average molecular weight is 784 g/mol. The van der Waals surface area contributed by atoms with Crippen LogP contribution in [0.2, 0.25) is 0 Å². The molecule has 1 saturated heterocycles. The lowest BCUT2D eigenvalue weighted by atomic mass is 9.88. The number of hydrogen-bond donors (Lipinski definition) is 2. The lowest BCUT2D eigenvalue weighted by molar-refractivity contribution is -0.153. The highest BCUT2D eigenvalue weighted by molar-refractivity contribution is 5.90. The van der Waals surface area contributed by atoms with Gasteiger partial charge in [0.15, 0.2) is 0 Å². The zero-order valence-corrected chi connectivity index (χ0v) is 37.0. The predicted molar refractivity (Wildman–Crippen MR) is 214 cm³/mol. The molecule has 0 radical (unpaired) electrons. The number of carboxylic acid groups (broad SMARTS) is 1. The van der Waals surface area contributed by atoms with Crippen LogP contribution in [0.4, 0.5) is 0 Å². The van der Waals surface area contributed by atoms with E-state index in [0.717, 1.165) is 19.3 Å². The van der Waals surface area contributed by atoms with Gasteiger partial charge in [0, 0.05) is 42.0 Å². The molecule has 1 heterocycles. The number of nitrogens with one attached hydrogen (secondary N) is 1. The third kappa shape index (κ3) is 13.1. The number of carboxylic acids is 1. The maximum absolute atomic E-state index is 14.3. The number of likely N-dealkylation sites (N-methyl/N-ethyl adjacent to an activating group) is 3. The van der Waals surface area contributed by atoms with Gasteiger partial charge < -0.3 is 39.3 Å². The number of ether oxygens (including phenoxy) is 3. The molecule has 0 aromatic heterocycles. The van der Waals surface area contributed by atoms with Crippen molar-refractivity contribution in [3.63, 3.8) is 0 Å². The summed E-state index contributed by atoms with van der Waals surface area (Å²) in [6.45, 7) is 18.1. The van der Waals surface area contributed by atoms with Crippen molar-refractivity contribution >= 4 is 29.6 Å². The molecule has 14 heteroatoms. The highest BCUT2D eigenvalue weighted by Crippen LogP contribution is 2.31. The van der Waals surface area contributed by atoms with Gasteiger partial charge in [0.25, 0.3) is 0 Å². The normalized spacial score (nSPS) is 20.3. The SMILES string of the molecule is CCC(C)C(C(CC(=O)O)OC)N(C)C(=O)C(C)C(OC)C1CCCN1C(=O)CC(OC)C(C(C)CC)N(C)C(=O)C(NC(=O)C(C(C)C)N(C)C)C(C)C. The van der Waals surface area contributed by atoms with Crippen LogP contribution in [0.15, 0.2) is 0 Å². The first-order valence-corrected chi connectivity index (χ1v) is 20.3. The molecule has 0 saturated carbocycles. The molecular formula is C41H77N5O9. The van der Waals surface area contributed by atoms with Crippen molar-refractivity contribution in [3.05, 3.63) is 0 Å². The number of carbonyl (C=O) groups excluding carboxylic acids is 4. The van der Waals surface area contributed by atoms with Crippen molar-refractivity contribution in [2.75, 3.05) is 56.1 Å². The molecule has 0 aliphatic carbocycles. The highest BCUT2D eigenvalue weighted by Gasteiger charge is 2.45. The molecule has 11 unspecified atom stereocenters. The lowest BCUT2D eigenvalue weighted by Crippen LogP contribution is -2.59. The van der Waals surface area contributed by atoms with Gasteiger partial charge in [0.05, 0.1) is 61.2 Å². The van der Waals surface area contributed by atoms with E-state index in [1.165, 1.54) is 7.11 Å². The third-order valence-electron chi connectivity index (χ3n) is 12.0. The predicted octanol–water partition coefficient (Wildman–Crippen LogP) is 4.00. The van der Waals surface area contributed by atoms with E-state index in [2.05, 4.69) is 5.32 Å². The smallest absolute Gasteiger partial charge is 0.306 e. The molecule has 1 rings (SSSR count). The zero-order valence-electron chi connectivity index (χ0n) is 37.0. The quantitative estimate of drug-likeness (QED) is 0.147. The molecule has 4 amide bonds. The largest absolute Gasteiger partial charge is 0.481 e. The molecule has 0 aromatic carbocycles. The Labute approximate surface area is 332 Å². The number of amides is 4. The van der Waals surface area contributed by atoms with E-state index in [0.29, 0.717) is 13.0 Å². The van der Waals surface area contributed by atoms with Crippen LogP contribution in [0, 0.1) is 29.6 Å². The minimum Gasteiger partial charge on any atom is -0.481 e. The van der Waals surface area contributed by atoms with Crippen molar-refractivity contribution in [3.8, 4) is 0 Å². The molecule has 0 bridgehead atoms. The number of methoxy groups -OCH3 is 3. The maximum Gasteiger partial charge on any atom is 0.306 e. The fourth-order valence-corrected chi connectivity index (χ4v) is 8.63. The first kappa shape index (κ1) is 50.2. The van der Waals surface area contributed by atoms with Crippen LogP contribution < -0.4 is 5.32 Å². The van der Waals surface area contributed by atoms with Crippen molar-refractivity contribution in [2.24, 2.45) is 29.6 Å². The molecule has 55 heavy (non-hydrogen) atoms. The van der Waals surface area contributed by atoms with Crippen LogP contribution in [0.5, 0.6) is 0 Å². The number of rotatable bonds is 24. The van der Waals surface area contributed by atoms with Gasteiger partial charge in [-0.3, -0.25) is 28.9 Å². The first-order valence-electron chi connectivity index (χ1n) is 20.3. The summed E-state index contributed by atoms with van der Waals surface area (Å²) in [4.78, 5) is 74.7. The average Bonchev–Trinajstić information content (AvgIpc) is 3.61. The Hall–Kier alpha value is -2.81. The van der Waals surface area contributed by atoms with Crippen LogP contribution in [0.1, 0.15) is 101 Å². The number of likely N-dealkylation sites (tertiary alicyclic amines) is 1. The Morgan fingerprint density at radius 2 is 1.24 bits per heavy atom. The van der Waals surface area contributed by atoms with Crippen molar-refractivity contribution in [1.82, 2.24) is 24.9 Å². The third-order valence-corrected chi connectivity index (χ3v) is 12.0. The van der Waals surface area contributed by atoms with Crippen LogP contribution in [-0.2, 0) is 38.2 Å². The van der Waals surface area contributed by atoms with Gasteiger partial charge in [-0.25, -0.2) is 0 Å². The maximum atomic E-state index is 14.3. The van der Waals surface area contributed by atoms with E-state index in [4.69, 9.17) is 14.2 Å². The fraction of sp³-hybridized carbons (Fsp3) is 0.878. The molecule has 1 aliphatic heterocycles. The summed E-state index contributed by atoms with van der Waals surface area (Å²) in [6.07, 6.45) is 0.625. The molecule has 14 nitrogen and oxygen atoms in total. The lowest BCUT2D eigenvalue weighted by Gasteiger charge is -2.42. The van der Waals surface area contributed by atoms with Crippen molar-refractivity contribution in [2.45, 2.75) is 149 Å². The molecule has 0 aromatic rings. The van der Waals surface area contributed by atoms with E-state index >= 15 is 0 Å². The van der Waals surface area contributed by atoms with E-state index < -0.39 is 54.4 Å². The Kier molecular flexibility index (Phi) is 21.4. The molecular weight excluding hydrogens is 706 g/mol. The Balaban J connectivity index is 3.38. The Bertz CT molecular complexity index is 1220. The van der Waals surface area contributed by atoms with Gasteiger partial charge in [-0.2, -0.15) is 0 Å². The van der Waals surface area contributed by atoms with Gasteiger partial charge in [-0.15, -0.1) is 0 Å². The molecule has 1 aliphatic rings. The minimum absolute atomic E-state index is 0.00778. The minimum atomic E-state index is -1.00. The highest BCUT2D eigenvalue weighted by atomic mass is 16.5. The Morgan fingerprint density at radius 3 is 1.64 bits per heavy atom. The summed E-state index contributed by atoms with van der Waals surface area (Å²) in [5, 5.41) is 12.6. The fourth-order valence-electron chi connectivity index (χ4n) is 8.63. The molecule has 11 atom stereocenters. The van der Waals surface area contributed by atoms with Crippen LogP contribution in [0.3, 0.4) is 0 Å².